The lowest BCUT2D eigenvalue weighted by Crippen LogP contribution is -2.14. The highest BCUT2D eigenvalue weighted by Crippen LogP contribution is 2.31. The third-order valence-corrected chi connectivity index (χ3v) is 4.52. The number of primary amides is 1. The van der Waals surface area contributed by atoms with Crippen LogP contribution in [0.5, 0.6) is 5.75 Å². The zero-order valence-corrected chi connectivity index (χ0v) is 16.0. The minimum absolute atomic E-state index is 0.383. The van der Waals surface area contributed by atoms with Crippen molar-refractivity contribution >= 4 is 28.3 Å². The average molecular weight is 385 g/mol. The van der Waals surface area contributed by atoms with Gasteiger partial charge >= 0.3 is 0 Å². The summed E-state index contributed by atoms with van der Waals surface area (Å²) in [6.45, 7) is 1.94. The van der Waals surface area contributed by atoms with Crippen molar-refractivity contribution in [1.29, 1.82) is 0 Å². The van der Waals surface area contributed by atoms with Crippen molar-refractivity contribution in [3.63, 3.8) is 0 Å². The minimum Gasteiger partial charge on any atom is -0.497 e. The predicted molar refractivity (Wildman–Crippen MR) is 112 cm³/mol. The summed E-state index contributed by atoms with van der Waals surface area (Å²) in [7, 11) is 1.60. The van der Waals surface area contributed by atoms with E-state index in [2.05, 4.69) is 15.3 Å². The molecule has 0 saturated heterocycles. The number of aryl methyl sites for hydroxylation is 1. The number of ether oxygens (including phenoxy) is 1. The molecule has 0 unspecified atom stereocenters. The molecule has 0 aliphatic heterocycles. The Morgan fingerprint density at radius 3 is 2.69 bits per heavy atom. The fourth-order valence-electron chi connectivity index (χ4n) is 3.06. The Morgan fingerprint density at radius 2 is 1.97 bits per heavy atom. The van der Waals surface area contributed by atoms with Gasteiger partial charge in [0.2, 0.25) is 0 Å². The van der Waals surface area contributed by atoms with E-state index in [4.69, 9.17) is 15.5 Å². The average Bonchev–Trinajstić information content (AvgIpc) is 2.74. The van der Waals surface area contributed by atoms with Crippen LogP contribution in [-0.4, -0.2) is 28.0 Å². The molecule has 2 heterocycles. The van der Waals surface area contributed by atoms with E-state index < -0.39 is 5.91 Å². The molecule has 7 nitrogen and oxygen atoms in total. The first-order valence-corrected chi connectivity index (χ1v) is 8.99. The Kier molecular flexibility index (Phi) is 4.78. The zero-order valence-electron chi connectivity index (χ0n) is 16.0. The summed E-state index contributed by atoms with van der Waals surface area (Å²) in [5.74, 6) is 1.22. The zero-order chi connectivity index (χ0) is 20.4. The van der Waals surface area contributed by atoms with Gasteiger partial charge in [0.25, 0.3) is 5.91 Å². The van der Waals surface area contributed by atoms with Gasteiger partial charge in [-0.15, -0.1) is 0 Å². The van der Waals surface area contributed by atoms with E-state index in [0.717, 1.165) is 22.0 Å². The largest absolute Gasteiger partial charge is 0.497 e. The Bertz CT molecular complexity index is 1210. The lowest BCUT2D eigenvalue weighted by atomic mass is 10.1. The summed E-state index contributed by atoms with van der Waals surface area (Å²) >= 11 is 0. The number of benzene rings is 2. The maximum atomic E-state index is 11.9. The van der Waals surface area contributed by atoms with Gasteiger partial charge in [0.1, 0.15) is 11.6 Å². The van der Waals surface area contributed by atoms with E-state index in [-0.39, 0.29) is 0 Å². The first kappa shape index (κ1) is 18.4. The van der Waals surface area contributed by atoms with E-state index >= 15 is 0 Å². The molecule has 0 radical (unpaired) electrons. The number of rotatable bonds is 5. The highest BCUT2D eigenvalue weighted by atomic mass is 16.5. The molecule has 0 atom stereocenters. The third-order valence-electron chi connectivity index (χ3n) is 4.52. The first-order valence-electron chi connectivity index (χ1n) is 8.99. The molecule has 0 spiro atoms. The van der Waals surface area contributed by atoms with E-state index in [1.54, 1.807) is 25.6 Å². The fourth-order valence-corrected chi connectivity index (χ4v) is 3.06. The summed E-state index contributed by atoms with van der Waals surface area (Å²) in [5.41, 5.74) is 9.02. The lowest BCUT2D eigenvalue weighted by Gasteiger charge is -2.14. The highest BCUT2D eigenvalue weighted by molar-refractivity contribution is 6.01. The molecule has 2 aromatic heterocycles. The number of hydrogen-bond donors (Lipinski definition) is 2. The molecule has 4 rings (SSSR count). The van der Waals surface area contributed by atoms with Gasteiger partial charge in [-0.2, -0.15) is 0 Å². The van der Waals surface area contributed by atoms with E-state index in [1.807, 2.05) is 49.4 Å². The second kappa shape index (κ2) is 7.55. The number of nitrogens with two attached hydrogens (primary N) is 1. The van der Waals surface area contributed by atoms with Crippen LogP contribution in [0.3, 0.4) is 0 Å². The van der Waals surface area contributed by atoms with Crippen LogP contribution in [0.25, 0.3) is 22.3 Å². The summed E-state index contributed by atoms with van der Waals surface area (Å²) < 4.78 is 5.36. The number of fused-ring (bicyclic) bond motifs is 1. The van der Waals surface area contributed by atoms with Gasteiger partial charge in [-0.3, -0.25) is 9.78 Å². The summed E-state index contributed by atoms with van der Waals surface area (Å²) in [6.07, 6.45) is 3.40. The van der Waals surface area contributed by atoms with Crippen molar-refractivity contribution < 1.29 is 9.53 Å². The van der Waals surface area contributed by atoms with Crippen molar-refractivity contribution in [2.45, 2.75) is 6.92 Å². The molecule has 0 fully saturated rings. The molecular weight excluding hydrogens is 366 g/mol. The molecule has 0 bridgehead atoms. The smallest absolute Gasteiger partial charge is 0.250 e. The van der Waals surface area contributed by atoms with Gasteiger partial charge in [-0.05, 0) is 55.0 Å². The van der Waals surface area contributed by atoms with Gasteiger partial charge < -0.3 is 15.8 Å². The normalized spacial score (nSPS) is 10.7. The lowest BCUT2D eigenvalue weighted by molar-refractivity contribution is 0.100. The first-order chi connectivity index (χ1) is 14.0. The minimum atomic E-state index is -0.518. The standard InChI is InChI=1S/C22H19N5O2/c1-13-5-7-16(20(23)28)19(10-13)26-22-17-11-15(29-2)6-8-18(17)25-21(27-22)14-4-3-9-24-12-14/h3-12H,1-2H3,(H2,23,28)(H,25,26,27). The Hall–Kier alpha value is -4.00. The van der Waals surface area contributed by atoms with Gasteiger partial charge in [-0.25, -0.2) is 9.97 Å². The van der Waals surface area contributed by atoms with Crippen LogP contribution in [0.15, 0.2) is 60.9 Å². The van der Waals surface area contributed by atoms with Crippen LogP contribution >= 0.6 is 0 Å². The van der Waals surface area contributed by atoms with Crippen molar-refractivity contribution in [2.75, 3.05) is 12.4 Å². The maximum Gasteiger partial charge on any atom is 0.250 e. The van der Waals surface area contributed by atoms with Crippen LogP contribution < -0.4 is 15.8 Å². The van der Waals surface area contributed by atoms with E-state index in [9.17, 15) is 4.79 Å². The quantitative estimate of drug-likeness (QED) is 0.541. The number of nitrogens with one attached hydrogen (secondary N) is 1. The Labute approximate surface area is 167 Å². The monoisotopic (exact) mass is 385 g/mol. The van der Waals surface area contributed by atoms with Crippen LogP contribution in [0, 0.1) is 6.92 Å². The molecule has 0 aliphatic rings. The number of methoxy groups -OCH3 is 1. The molecule has 29 heavy (non-hydrogen) atoms. The number of pyridine rings is 1. The van der Waals surface area contributed by atoms with E-state index in [0.29, 0.717) is 28.6 Å². The Balaban J connectivity index is 1.92. The number of anilines is 2. The number of amides is 1. The maximum absolute atomic E-state index is 11.9. The Morgan fingerprint density at radius 1 is 1.10 bits per heavy atom. The molecule has 4 aromatic rings. The summed E-state index contributed by atoms with van der Waals surface area (Å²) in [4.78, 5) is 25.4. The van der Waals surface area contributed by atoms with Crippen LogP contribution in [0.4, 0.5) is 11.5 Å². The fraction of sp³-hybridized carbons (Fsp3) is 0.0909. The molecule has 0 saturated carbocycles. The third kappa shape index (κ3) is 3.70. The van der Waals surface area contributed by atoms with Crippen molar-refractivity contribution in [3.05, 3.63) is 72.1 Å². The van der Waals surface area contributed by atoms with Gasteiger partial charge in [0.05, 0.1) is 23.9 Å². The van der Waals surface area contributed by atoms with Gasteiger partial charge in [0, 0.05) is 23.3 Å². The molecular formula is C22H19N5O2. The molecule has 0 aliphatic carbocycles. The highest BCUT2D eigenvalue weighted by Gasteiger charge is 2.14. The SMILES string of the molecule is COc1ccc2nc(-c3cccnc3)nc(Nc3cc(C)ccc3C(N)=O)c2c1. The van der Waals surface area contributed by atoms with Crippen LogP contribution in [-0.2, 0) is 0 Å². The van der Waals surface area contributed by atoms with Crippen molar-refractivity contribution in [1.82, 2.24) is 15.0 Å². The second-order valence-corrected chi connectivity index (χ2v) is 6.56. The molecule has 7 heteroatoms. The topological polar surface area (TPSA) is 103 Å². The number of carbonyl (C=O) groups excluding carboxylic acids is 1. The van der Waals surface area contributed by atoms with Gasteiger partial charge in [-0.1, -0.05) is 6.07 Å². The number of nitrogens with zero attached hydrogens (tertiary/aromatic N) is 3. The molecule has 2 aromatic carbocycles. The molecule has 1 amide bonds. The molecule has 144 valence electrons. The predicted octanol–water partition coefficient (Wildman–Crippen LogP) is 3.85. The van der Waals surface area contributed by atoms with Gasteiger partial charge in [0.15, 0.2) is 5.82 Å². The number of carbonyl (C=O) groups is 1. The van der Waals surface area contributed by atoms with E-state index in [1.165, 1.54) is 0 Å². The van der Waals surface area contributed by atoms with Crippen molar-refractivity contribution in [3.8, 4) is 17.1 Å². The molecule has 3 N–H and O–H groups in total. The summed E-state index contributed by atoms with van der Waals surface area (Å²) in [6, 6.07) is 14.7. The van der Waals surface area contributed by atoms with Crippen molar-refractivity contribution in [2.24, 2.45) is 5.73 Å². The number of aromatic nitrogens is 3. The number of hydrogen-bond acceptors (Lipinski definition) is 6. The summed E-state index contributed by atoms with van der Waals surface area (Å²) in [5, 5.41) is 4.03. The second-order valence-electron chi connectivity index (χ2n) is 6.56. The van der Waals surface area contributed by atoms with Crippen LogP contribution in [0.1, 0.15) is 15.9 Å². The van der Waals surface area contributed by atoms with Crippen LogP contribution in [0.2, 0.25) is 0 Å².